The summed E-state index contributed by atoms with van der Waals surface area (Å²) in [5.41, 5.74) is 0.964. The molecule has 0 fully saturated rings. The third kappa shape index (κ3) is 4.19. The van der Waals surface area contributed by atoms with Gasteiger partial charge in [-0.2, -0.15) is 0 Å². The minimum absolute atomic E-state index is 0.0627. The van der Waals surface area contributed by atoms with Gasteiger partial charge in [0.15, 0.2) is 0 Å². The number of nitrogens with one attached hydrogen (secondary N) is 2. The Morgan fingerprint density at radius 2 is 1.92 bits per heavy atom. The first-order valence-corrected chi connectivity index (χ1v) is 7.47. The number of hydrogen-bond acceptors (Lipinski definition) is 4. The summed E-state index contributed by atoms with van der Waals surface area (Å²) in [5.74, 6) is -0.908. The smallest absolute Gasteiger partial charge is 0.337 e. The van der Waals surface area contributed by atoms with Crippen molar-refractivity contribution in [1.29, 1.82) is 5.41 Å². The first-order chi connectivity index (χ1) is 11.5. The summed E-state index contributed by atoms with van der Waals surface area (Å²) in [6.07, 6.45) is 1.94. The summed E-state index contributed by atoms with van der Waals surface area (Å²) in [7, 11) is 0. The van der Waals surface area contributed by atoms with Gasteiger partial charge in [0.2, 0.25) is 0 Å². The molecule has 0 saturated heterocycles. The lowest BCUT2D eigenvalue weighted by Gasteiger charge is -2.10. The highest BCUT2D eigenvalue weighted by Crippen LogP contribution is 2.19. The van der Waals surface area contributed by atoms with Crippen LogP contribution in [-0.4, -0.2) is 29.8 Å². The Morgan fingerprint density at radius 3 is 2.50 bits per heavy atom. The van der Waals surface area contributed by atoms with Gasteiger partial charge in [-0.25, -0.2) is 4.79 Å². The molecule has 24 heavy (non-hydrogen) atoms. The molecule has 0 bridgehead atoms. The van der Waals surface area contributed by atoms with E-state index in [1.165, 1.54) is 12.1 Å². The zero-order valence-corrected chi connectivity index (χ0v) is 13.2. The highest BCUT2D eigenvalue weighted by molar-refractivity contribution is 6.08. The van der Waals surface area contributed by atoms with Crippen molar-refractivity contribution in [3.05, 3.63) is 59.2 Å². The molecular weight excluding hydrogens is 308 g/mol. The number of anilines is 1. The Morgan fingerprint density at radius 1 is 1.21 bits per heavy atom. The predicted octanol–water partition coefficient (Wildman–Crippen LogP) is 3.42. The van der Waals surface area contributed by atoms with Crippen LogP contribution in [0.25, 0.3) is 0 Å². The molecule has 0 heterocycles. The first kappa shape index (κ1) is 17.2. The lowest BCUT2D eigenvalue weighted by atomic mass is 10.1. The summed E-state index contributed by atoms with van der Waals surface area (Å²) in [4.78, 5) is 23.6. The van der Waals surface area contributed by atoms with Crippen LogP contribution in [0.3, 0.4) is 0 Å². The van der Waals surface area contributed by atoms with Crippen molar-refractivity contribution in [3.63, 3.8) is 0 Å². The third-order valence-electron chi connectivity index (χ3n) is 3.28. The third-order valence-corrected chi connectivity index (χ3v) is 3.28. The topological polar surface area (TPSA) is 99.5 Å². The second-order valence-corrected chi connectivity index (χ2v) is 5.08. The molecule has 6 heteroatoms. The minimum atomic E-state index is -1.17. The molecule has 0 aliphatic rings. The molecule has 0 aliphatic heterocycles. The van der Waals surface area contributed by atoms with Gasteiger partial charge in [0, 0.05) is 11.8 Å². The van der Waals surface area contributed by atoms with Gasteiger partial charge in [0.25, 0.3) is 5.91 Å². The number of carboxylic acids is 1. The van der Waals surface area contributed by atoms with E-state index in [9.17, 15) is 14.7 Å². The molecule has 0 radical (unpaired) electrons. The summed E-state index contributed by atoms with van der Waals surface area (Å²) in [5, 5.41) is 19.0. The van der Waals surface area contributed by atoms with Crippen LogP contribution in [0.2, 0.25) is 0 Å². The fraction of sp³-hybridized carbons (Fsp3) is 0.167. The van der Waals surface area contributed by atoms with E-state index >= 15 is 0 Å². The molecule has 0 aliphatic carbocycles. The van der Waals surface area contributed by atoms with Gasteiger partial charge in [-0.3, -0.25) is 4.79 Å². The maximum Gasteiger partial charge on any atom is 0.337 e. The van der Waals surface area contributed by atoms with Crippen LogP contribution in [0.1, 0.15) is 39.6 Å². The van der Waals surface area contributed by atoms with Crippen LogP contribution in [0, 0.1) is 5.41 Å². The monoisotopic (exact) mass is 326 g/mol. The van der Waals surface area contributed by atoms with Crippen molar-refractivity contribution in [2.24, 2.45) is 0 Å². The maximum absolute atomic E-state index is 12.3. The first-order valence-electron chi connectivity index (χ1n) is 7.47. The number of carbonyl (C=O) groups is 2. The molecule has 124 valence electrons. The molecule has 0 aromatic heterocycles. The molecule has 0 spiro atoms. The highest BCUT2D eigenvalue weighted by atomic mass is 16.5. The Bertz CT molecular complexity index is 754. The van der Waals surface area contributed by atoms with E-state index in [2.05, 4.69) is 5.32 Å². The summed E-state index contributed by atoms with van der Waals surface area (Å²) >= 11 is 0. The number of amides is 1. The lowest BCUT2D eigenvalue weighted by Crippen LogP contribution is -2.15. The summed E-state index contributed by atoms with van der Waals surface area (Å²) < 4.78 is 5.45. The van der Waals surface area contributed by atoms with Crippen LogP contribution in [0.15, 0.2) is 42.5 Å². The van der Waals surface area contributed by atoms with Crippen LogP contribution >= 0.6 is 0 Å². The second-order valence-electron chi connectivity index (χ2n) is 5.08. The van der Waals surface area contributed by atoms with Crippen molar-refractivity contribution in [2.45, 2.75) is 13.3 Å². The number of hydrogen-bond donors (Lipinski definition) is 3. The van der Waals surface area contributed by atoms with Gasteiger partial charge in [-0.15, -0.1) is 0 Å². The molecule has 2 rings (SSSR count). The van der Waals surface area contributed by atoms with Crippen LogP contribution < -0.4 is 10.1 Å². The predicted molar refractivity (Wildman–Crippen MR) is 91.5 cm³/mol. The van der Waals surface area contributed by atoms with E-state index in [-0.39, 0.29) is 11.3 Å². The van der Waals surface area contributed by atoms with Gasteiger partial charge in [0.1, 0.15) is 5.75 Å². The Balaban J connectivity index is 2.17. The fourth-order valence-electron chi connectivity index (χ4n) is 2.05. The average molecular weight is 326 g/mol. The molecule has 2 aromatic rings. The van der Waals surface area contributed by atoms with Crippen LogP contribution in [0.5, 0.6) is 5.75 Å². The molecule has 0 saturated carbocycles. The van der Waals surface area contributed by atoms with Gasteiger partial charge in [0.05, 0.1) is 17.9 Å². The highest BCUT2D eigenvalue weighted by Gasteiger charge is 2.14. The van der Waals surface area contributed by atoms with E-state index < -0.39 is 11.9 Å². The summed E-state index contributed by atoms with van der Waals surface area (Å²) in [6, 6.07) is 11.0. The fourth-order valence-corrected chi connectivity index (χ4v) is 2.05. The molecule has 2 aromatic carbocycles. The quantitative estimate of drug-likeness (QED) is 0.679. The van der Waals surface area contributed by atoms with Gasteiger partial charge in [-0.1, -0.05) is 13.0 Å². The molecular formula is C18H18N2O4. The van der Waals surface area contributed by atoms with E-state index in [1.807, 2.05) is 6.92 Å². The zero-order valence-electron chi connectivity index (χ0n) is 13.2. The minimum Gasteiger partial charge on any atom is -0.494 e. The second kappa shape index (κ2) is 7.92. The molecule has 0 atom stereocenters. The normalized spacial score (nSPS) is 10.0. The standard InChI is InChI=1S/C18H18N2O4/c1-2-9-24-14-6-4-13(5-7-14)17(21)20-16-8-3-12(11-19)10-15(16)18(22)23/h3-8,10-11,19H,2,9H2,1H3,(H,20,21)(H,22,23). The van der Waals surface area contributed by atoms with E-state index in [1.54, 1.807) is 30.3 Å². The number of carboxylic acid groups (broad SMARTS) is 1. The zero-order chi connectivity index (χ0) is 17.5. The van der Waals surface area contributed by atoms with Crippen LogP contribution in [-0.2, 0) is 0 Å². The SMILES string of the molecule is CCCOc1ccc(C(=O)Nc2ccc(C=N)cc2C(=O)O)cc1. The lowest BCUT2D eigenvalue weighted by molar-refractivity contribution is 0.0698. The molecule has 6 nitrogen and oxygen atoms in total. The average Bonchev–Trinajstić information content (AvgIpc) is 2.60. The summed E-state index contributed by atoms with van der Waals surface area (Å²) in [6.45, 7) is 2.61. The van der Waals surface area contributed by atoms with Crippen molar-refractivity contribution in [3.8, 4) is 5.75 Å². The van der Waals surface area contributed by atoms with Crippen LogP contribution in [0.4, 0.5) is 5.69 Å². The van der Waals surface area contributed by atoms with Gasteiger partial charge in [-0.05, 0) is 48.4 Å². The van der Waals surface area contributed by atoms with Crippen molar-refractivity contribution in [1.82, 2.24) is 0 Å². The number of rotatable bonds is 7. The molecule has 3 N–H and O–H groups in total. The van der Waals surface area contributed by atoms with E-state index in [0.29, 0.717) is 23.5 Å². The number of ether oxygens (including phenoxy) is 1. The van der Waals surface area contributed by atoms with E-state index in [4.69, 9.17) is 10.1 Å². The van der Waals surface area contributed by atoms with Crippen molar-refractivity contribution < 1.29 is 19.4 Å². The number of aromatic carboxylic acids is 1. The van der Waals surface area contributed by atoms with Gasteiger partial charge >= 0.3 is 5.97 Å². The largest absolute Gasteiger partial charge is 0.494 e. The van der Waals surface area contributed by atoms with Gasteiger partial charge < -0.3 is 20.6 Å². The maximum atomic E-state index is 12.3. The number of carbonyl (C=O) groups excluding carboxylic acids is 1. The Kier molecular flexibility index (Phi) is 5.68. The molecule has 0 unspecified atom stereocenters. The molecule has 1 amide bonds. The Labute approximate surface area is 139 Å². The van der Waals surface area contributed by atoms with Crippen molar-refractivity contribution >= 4 is 23.8 Å². The Hall–Kier alpha value is -3.15. The number of benzene rings is 2. The van der Waals surface area contributed by atoms with Crippen molar-refractivity contribution in [2.75, 3.05) is 11.9 Å². The van der Waals surface area contributed by atoms with E-state index in [0.717, 1.165) is 12.6 Å².